The first-order valence-corrected chi connectivity index (χ1v) is 16.7. The molecule has 240 valence electrons. The fourth-order valence-electron chi connectivity index (χ4n) is 7.40. The van der Waals surface area contributed by atoms with Gasteiger partial charge in [0.25, 0.3) is 5.91 Å². The lowest BCUT2D eigenvalue weighted by Crippen LogP contribution is -2.59. The van der Waals surface area contributed by atoms with Crippen molar-refractivity contribution in [2.45, 2.75) is 74.6 Å². The van der Waals surface area contributed by atoms with Gasteiger partial charge in [0, 0.05) is 17.1 Å². The Labute approximate surface area is 274 Å². The molecule has 3 aliphatic heterocycles. The molecule has 3 saturated heterocycles. The molecule has 3 aliphatic rings. The Kier molecular flexibility index (Phi) is 10.3. The van der Waals surface area contributed by atoms with Gasteiger partial charge < -0.3 is 24.4 Å². The predicted molar refractivity (Wildman–Crippen MR) is 177 cm³/mol. The number of alkyl halides is 1. The SMILES string of the molecule is C=CCCCCOC(=O)[C@H]1[C@H]2C(=O)N([C@@H](CO)Cc3ccccc3)C(C(=O)N(CC=C)c3cc(C)ccc3C)C23CC(Br)[C@@H]1O3. The van der Waals surface area contributed by atoms with Gasteiger partial charge in [-0.1, -0.05) is 70.5 Å². The summed E-state index contributed by atoms with van der Waals surface area (Å²) in [4.78, 5) is 46.2. The van der Waals surface area contributed by atoms with Gasteiger partial charge in [-0.3, -0.25) is 14.4 Å². The molecule has 3 unspecified atom stereocenters. The summed E-state index contributed by atoms with van der Waals surface area (Å²) in [7, 11) is 0. The summed E-state index contributed by atoms with van der Waals surface area (Å²) in [6.45, 7) is 11.6. The van der Waals surface area contributed by atoms with Gasteiger partial charge >= 0.3 is 5.97 Å². The molecule has 3 fully saturated rings. The summed E-state index contributed by atoms with van der Waals surface area (Å²) in [5, 5.41) is 10.8. The zero-order valence-electron chi connectivity index (χ0n) is 26.1. The van der Waals surface area contributed by atoms with Gasteiger partial charge in [-0.05, 0) is 68.7 Å². The number of carbonyl (C=O) groups is 3. The molecule has 0 aromatic heterocycles. The second kappa shape index (κ2) is 14.0. The van der Waals surface area contributed by atoms with E-state index in [2.05, 4.69) is 29.1 Å². The third kappa shape index (κ3) is 6.14. The van der Waals surface area contributed by atoms with Crippen LogP contribution in [0.25, 0.3) is 0 Å². The van der Waals surface area contributed by atoms with Crippen molar-refractivity contribution in [2.75, 3.05) is 24.7 Å². The lowest BCUT2D eigenvalue weighted by Gasteiger charge is -2.39. The van der Waals surface area contributed by atoms with Gasteiger partial charge in [0.15, 0.2) is 0 Å². The van der Waals surface area contributed by atoms with E-state index in [-0.39, 0.29) is 36.4 Å². The molecule has 2 aromatic rings. The second-order valence-corrected chi connectivity index (χ2v) is 13.6. The number of ether oxygens (including phenoxy) is 2. The zero-order valence-corrected chi connectivity index (χ0v) is 27.7. The molecule has 1 N–H and O–H groups in total. The molecule has 2 bridgehead atoms. The Morgan fingerprint density at radius 2 is 1.93 bits per heavy atom. The van der Waals surface area contributed by atoms with Crippen LogP contribution in [0, 0.1) is 25.7 Å². The lowest BCUT2D eigenvalue weighted by atomic mass is 9.70. The van der Waals surface area contributed by atoms with Gasteiger partial charge in [0.1, 0.15) is 11.6 Å². The highest BCUT2D eigenvalue weighted by Crippen LogP contribution is 2.61. The van der Waals surface area contributed by atoms with Crippen LogP contribution in [0.1, 0.15) is 42.4 Å². The maximum atomic E-state index is 15.0. The number of carbonyl (C=O) groups excluding carboxylic acids is 3. The van der Waals surface area contributed by atoms with E-state index in [1.165, 1.54) is 4.90 Å². The number of aliphatic hydroxyl groups is 1. The van der Waals surface area contributed by atoms with Crippen molar-refractivity contribution in [1.82, 2.24) is 4.90 Å². The lowest BCUT2D eigenvalue weighted by molar-refractivity contribution is -0.155. The third-order valence-electron chi connectivity index (χ3n) is 9.43. The molecule has 45 heavy (non-hydrogen) atoms. The first-order chi connectivity index (χ1) is 21.7. The van der Waals surface area contributed by atoms with Crippen LogP contribution in [0.3, 0.4) is 0 Å². The van der Waals surface area contributed by atoms with E-state index in [4.69, 9.17) is 9.47 Å². The van der Waals surface area contributed by atoms with Crippen LogP contribution in [-0.4, -0.2) is 76.2 Å². The molecule has 9 heteroatoms. The minimum atomic E-state index is -1.28. The number of rotatable bonds is 14. The maximum absolute atomic E-state index is 15.0. The highest BCUT2D eigenvalue weighted by molar-refractivity contribution is 9.09. The van der Waals surface area contributed by atoms with Crippen molar-refractivity contribution in [1.29, 1.82) is 0 Å². The highest BCUT2D eigenvalue weighted by Gasteiger charge is 2.77. The van der Waals surface area contributed by atoms with E-state index >= 15 is 0 Å². The monoisotopic (exact) mass is 678 g/mol. The predicted octanol–water partition coefficient (Wildman–Crippen LogP) is 5.07. The molecular formula is C36H43BrN2O6. The van der Waals surface area contributed by atoms with Gasteiger partial charge in [-0.25, -0.2) is 0 Å². The highest BCUT2D eigenvalue weighted by atomic mass is 79.9. The average Bonchev–Trinajstić information content (AvgIpc) is 3.63. The second-order valence-electron chi connectivity index (χ2n) is 12.4. The van der Waals surface area contributed by atoms with Crippen LogP contribution in [0.5, 0.6) is 0 Å². The number of hydrogen-bond donors (Lipinski definition) is 1. The smallest absolute Gasteiger partial charge is 0.312 e. The number of amides is 2. The quantitative estimate of drug-likeness (QED) is 0.130. The number of fused-ring (bicyclic) bond motifs is 1. The first-order valence-electron chi connectivity index (χ1n) is 15.7. The number of benzene rings is 2. The van der Waals surface area contributed by atoms with Crippen LogP contribution < -0.4 is 4.90 Å². The van der Waals surface area contributed by atoms with E-state index in [1.807, 2.05) is 68.5 Å². The topological polar surface area (TPSA) is 96.4 Å². The van der Waals surface area contributed by atoms with Gasteiger partial charge in [0.2, 0.25) is 5.91 Å². The summed E-state index contributed by atoms with van der Waals surface area (Å²) >= 11 is 3.73. The first kappa shape index (κ1) is 33.1. The number of esters is 1. The minimum absolute atomic E-state index is 0.211. The Hall–Kier alpha value is -3.27. The van der Waals surface area contributed by atoms with E-state index in [9.17, 15) is 19.5 Å². The molecule has 5 rings (SSSR count). The minimum Gasteiger partial charge on any atom is -0.465 e. The number of halogens is 1. The fraction of sp³-hybridized carbons (Fsp3) is 0.472. The number of aliphatic hydroxyl groups excluding tert-OH is 1. The normalized spacial score (nSPS) is 27.2. The van der Waals surface area contributed by atoms with Crippen molar-refractivity contribution in [3.05, 3.63) is 90.5 Å². The number of hydrogen-bond acceptors (Lipinski definition) is 6. The number of aryl methyl sites for hydroxylation is 2. The number of unbranched alkanes of at least 4 members (excludes halogenated alkanes) is 2. The van der Waals surface area contributed by atoms with Crippen molar-refractivity contribution in [3.8, 4) is 0 Å². The standard InChI is InChI=1S/C36H43BrN2O6/c1-5-7-8-12-18-44-35(43)29-30-33(41)39(26(22-40)20-25-13-10-9-11-14-25)32(36(30)21-27(37)31(29)45-36)34(42)38(17-6-2)28-19-23(3)15-16-24(28)4/h5-6,9-11,13-16,19,26-27,29-32,40H,1-2,7-8,12,17-18,20-22H2,3-4H3/t26-,27?,29+,30+,31+,32?,36?/m1/s1. The average molecular weight is 680 g/mol. The number of allylic oxidation sites excluding steroid dienone is 1. The van der Waals surface area contributed by atoms with Gasteiger partial charge in [-0.15, -0.1) is 13.2 Å². The summed E-state index contributed by atoms with van der Waals surface area (Å²) < 4.78 is 12.4. The van der Waals surface area contributed by atoms with E-state index in [0.29, 0.717) is 24.9 Å². The molecule has 8 nitrogen and oxygen atoms in total. The van der Waals surface area contributed by atoms with Crippen molar-refractivity contribution in [3.63, 3.8) is 0 Å². The van der Waals surface area contributed by atoms with E-state index < -0.39 is 41.6 Å². The van der Waals surface area contributed by atoms with Gasteiger partial charge in [-0.2, -0.15) is 0 Å². The molecule has 2 aromatic carbocycles. The van der Waals surface area contributed by atoms with Crippen LogP contribution in [-0.2, 0) is 30.3 Å². The third-order valence-corrected chi connectivity index (χ3v) is 10.3. The van der Waals surface area contributed by atoms with Crippen LogP contribution in [0.2, 0.25) is 0 Å². The van der Waals surface area contributed by atoms with Crippen LogP contribution in [0.15, 0.2) is 73.8 Å². The van der Waals surface area contributed by atoms with Crippen molar-refractivity contribution < 1.29 is 29.0 Å². The number of nitrogens with zero attached hydrogens (tertiary/aromatic N) is 2. The molecule has 7 atom stereocenters. The molecule has 0 radical (unpaired) electrons. The summed E-state index contributed by atoms with van der Waals surface area (Å²) in [6.07, 6.45) is 5.92. The fourth-order valence-corrected chi connectivity index (χ4v) is 8.34. The Morgan fingerprint density at radius 1 is 1.18 bits per heavy atom. The van der Waals surface area contributed by atoms with Crippen LogP contribution >= 0.6 is 15.9 Å². The Morgan fingerprint density at radius 3 is 2.62 bits per heavy atom. The van der Waals surface area contributed by atoms with E-state index in [0.717, 1.165) is 29.5 Å². The van der Waals surface area contributed by atoms with Crippen molar-refractivity contribution in [2.24, 2.45) is 11.8 Å². The molecule has 0 aliphatic carbocycles. The summed E-state index contributed by atoms with van der Waals surface area (Å²) in [6, 6.07) is 13.7. The van der Waals surface area contributed by atoms with Crippen molar-refractivity contribution >= 4 is 39.4 Å². The molecule has 2 amide bonds. The maximum Gasteiger partial charge on any atom is 0.312 e. The summed E-state index contributed by atoms with van der Waals surface area (Å²) in [5.74, 6) is -2.97. The molecular weight excluding hydrogens is 636 g/mol. The zero-order chi connectivity index (χ0) is 32.3. The largest absolute Gasteiger partial charge is 0.465 e. The van der Waals surface area contributed by atoms with Crippen LogP contribution in [0.4, 0.5) is 5.69 Å². The molecule has 3 heterocycles. The van der Waals surface area contributed by atoms with E-state index in [1.54, 1.807) is 11.0 Å². The van der Waals surface area contributed by atoms with Gasteiger partial charge in [0.05, 0.1) is 37.2 Å². The summed E-state index contributed by atoms with van der Waals surface area (Å²) in [5.41, 5.74) is 2.24. The molecule has 1 spiro atoms. The Bertz CT molecular complexity index is 1430. The number of anilines is 1. The number of likely N-dealkylation sites (tertiary alicyclic amines) is 1. The molecule has 0 saturated carbocycles. The Balaban J connectivity index is 1.57.